The molecule has 7 heteroatoms. The van der Waals surface area contributed by atoms with Crippen molar-refractivity contribution in [1.82, 2.24) is 10.6 Å². The molecule has 0 saturated carbocycles. The molecular formula is C20H24N2O5. The maximum Gasteiger partial charge on any atom is 0.251 e. The van der Waals surface area contributed by atoms with Gasteiger partial charge in [0.1, 0.15) is 0 Å². The molecule has 0 heterocycles. The van der Waals surface area contributed by atoms with Gasteiger partial charge in [-0.15, -0.1) is 0 Å². The predicted octanol–water partition coefficient (Wildman–Crippen LogP) is 2.07. The fourth-order valence-corrected chi connectivity index (χ4v) is 2.55. The smallest absolute Gasteiger partial charge is 0.251 e. The second kappa shape index (κ2) is 9.47. The molecule has 0 aromatic heterocycles. The van der Waals surface area contributed by atoms with Gasteiger partial charge in [0.2, 0.25) is 11.7 Å². The van der Waals surface area contributed by atoms with Crippen LogP contribution in [0.4, 0.5) is 0 Å². The van der Waals surface area contributed by atoms with Crippen LogP contribution in [0.5, 0.6) is 17.2 Å². The number of carbonyl (C=O) groups is 2. The van der Waals surface area contributed by atoms with Crippen LogP contribution in [-0.2, 0) is 11.3 Å². The molecular weight excluding hydrogens is 348 g/mol. The fraction of sp³-hybridized carbons (Fsp3) is 0.300. The predicted molar refractivity (Wildman–Crippen MR) is 101 cm³/mol. The minimum Gasteiger partial charge on any atom is -0.493 e. The molecule has 7 nitrogen and oxygen atoms in total. The molecule has 0 aliphatic carbocycles. The molecule has 2 N–H and O–H groups in total. The first-order valence-electron chi connectivity index (χ1n) is 8.39. The van der Waals surface area contributed by atoms with Gasteiger partial charge in [0.25, 0.3) is 5.91 Å². The maximum absolute atomic E-state index is 12.1. The first-order valence-corrected chi connectivity index (χ1v) is 8.39. The van der Waals surface area contributed by atoms with Gasteiger partial charge in [-0.05, 0) is 36.8 Å². The van der Waals surface area contributed by atoms with Gasteiger partial charge < -0.3 is 24.8 Å². The number of amides is 2. The van der Waals surface area contributed by atoms with Crippen LogP contribution in [0.1, 0.15) is 21.5 Å². The Balaban J connectivity index is 1.92. The first-order chi connectivity index (χ1) is 13.0. The van der Waals surface area contributed by atoms with Gasteiger partial charge in [0.15, 0.2) is 11.5 Å². The second-order valence-corrected chi connectivity index (χ2v) is 5.86. The van der Waals surface area contributed by atoms with Gasteiger partial charge in [0, 0.05) is 12.1 Å². The number of nitrogens with one attached hydrogen (secondary N) is 2. The Kier molecular flexibility index (Phi) is 7.05. The minimum absolute atomic E-state index is 0.114. The molecule has 0 aliphatic rings. The molecule has 2 aromatic rings. The van der Waals surface area contributed by atoms with Crippen molar-refractivity contribution in [3.05, 3.63) is 53.1 Å². The molecule has 0 unspecified atom stereocenters. The molecule has 2 rings (SSSR count). The van der Waals surface area contributed by atoms with E-state index in [0.717, 1.165) is 11.1 Å². The third kappa shape index (κ3) is 5.37. The van der Waals surface area contributed by atoms with Gasteiger partial charge in [0.05, 0.1) is 27.9 Å². The summed E-state index contributed by atoms with van der Waals surface area (Å²) in [5, 5.41) is 5.36. The second-order valence-electron chi connectivity index (χ2n) is 5.86. The van der Waals surface area contributed by atoms with Crippen LogP contribution in [0.25, 0.3) is 0 Å². The summed E-state index contributed by atoms with van der Waals surface area (Å²) in [4.78, 5) is 24.1. The monoisotopic (exact) mass is 372 g/mol. The van der Waals surface area contributed by atoms with E-state index in [4.69, 9.17) is 14.2 Å². The van der Waals surface area contributed by atoms with Crippen molar-refractivity contribution in [2.45, 2.75) is 13.5 Å². The summed E-state index contributed by atoms with van der Waals surface area (Å²) >= 11 is 0. The number of aryl methyl sites for hydroxylation is 1. The lowest BCUT2D eigenvalue weighted by molar-refractivity contribution is -0.120. The fourth-order valence-electron chi connectivity index (χ4n) is 2.55. The van der Waals surface area contributed by atoms with E-state index in [1.807, 2.05) is 13.0 Å². The summed E-state index contributed by atoms with van der Waals surface area (Å²) in [5.41, 5.74) is 2.28. The van der Waals surface area contributed by atoms with Crippen molar-refractivity contribution in [2.75, 3.05) is 27.9 Å². The summed E-state index contributed by atoms with van der Waals surface area (Å²) in [5.74, 6) is 0.912. The Morgan fingerprint density at radius 2 is 1.59 bits per heavy atom. The van der Waals surface area contributed by atoms with Gasteiger partial charge >= 0.3 is 0 Å². The highest BCUT2D eigenvalue weighted by molar-refractivity contribution is 5.96. The van der Waals surface area contributed by atoms with Crippen LogP contribution < -0.4 is 24.8 Å². The Labute approximate surface area is 158 Å². The third-order valence-corrected chi connectivity index (χ3v) is 3.90. The molecule has 0 aliphatic heterocycles. The summed E-state index contributed by atoms with van der Waals surface area (Å²) in [6, 6.07) is 10.7. The van der Waals surface area contributed by atoms with E-state index in [1.54, 1.807) is 30.3 Å². The molecule has 2 aromatic carbocycles. The van der Waals surface area contributed by atoms with E-state index in [2.05, 4.69) is 10.6 Å². The van der Waals surface area contributed by atoms with E-state index >= 15 is 0 Å². The summed E-state index contributed by atoms with van der Waals surface area (Å²) in [6.45, 7) is 2.05. The zero-order chi connectivity index (χ0) is 19.8. The van der Waals surface area contributed by atoms with Crippen LogP contribution in [0.3, 0.4) is 0 Å². The van der Waals surface area contributed by atoms with Crippen LogP contribution in [-0.4, -0.2) is 39.7 Å². The van der Waals surface area contributed by atoms with Crippen molar-refractivity contribution in [2.24, 2.45) is 0 Å². The SMILES string of the molecule is COc1cc(CNC(=O)CNC(=O)c2cccc(C)c2)cc(OC)c1OC. The highest BCUT2D eigenvalue weighted by Crippen LogP contribution is 2.38. The van der Waals surface area contributed by atoms with E-state index in [9.17, 15) is 9.59 Å². The first kappa shape index (κ1) is 20.1. The third-order valence-electron chi connectivity index (χ3n) is 3.90. The van der Waals surface area contributed by atoms with Crippen molar-refractivity contribution < 1.29 is 23.8 Å². The Hall–Kier alpha value is -3.22. The standard InChI is InChI=1S/C20H24N2O5/c1-13-6-5-7-15(8-13)20(24)22-12-18(23)21-11-14-9-16(25-2)19(27-4)17(10-14)26-3/h5-10H,11-12H2,1-4H3,(H,21,23)(H,22,24). The molecule has 2 amide bonds. The summed E-state index contributed by atoms with van der Waals surface area (Å²) in [7, 11) is 4.58. The van der Waals surface area contributed by atoms with Crippen molar-refractivity contribution in [1.29, 1.82) is 0 Å². The number of ether oxygens (including phenoxy) is 3. The largest absolute Gasteiger partial charge is 0.493 e. The Morgan fingerprint density at radius 1 is 0.926 bits per heavy atom. The molecule has 27 heavy (non-hydrogen) atoms. The van der Waals surface area contributed by atoms with Crippen molar-refractivity contribution in [3.8, 4) is 17.2 Å². The number of methoxy groups -OCH3 is 3. The number of rotatable bonds is 8. The van der Waals surface area contributed by atoms with Crippen LogP contribution in [0.15, 0.2) is 36.4 Å². The van der Waals surface area contributed by atoms with E-state index in [1.165, 1.54) is 21.3 Å². The molecule has 0 fully saturated rings. The maximum atomic E-state index is 12.1. The molecule has 0 atom stereocenters. The number of hydrogen-bond acceptors (Lipinski definition) is 5. The van der Waals surface area contributed by atoms with E-state index < -0.39 is 0 Å². The van der Waals surface area contributed by atoms with Gasteiger partial charge in [-0.2, -0.15) is 0 Å². The van der Waals surface area contributed by atoms with Crippen molar-refractivity contribution in [3.63, 3.8) is 0 Å². The zero-order valence-electron chi connectivity index (χ0n) is 15.9. The van der Waals surface area contributed by atoms with Crippen LogP contribution >= 0.6 is 0 Å². The average molecular weight is 372 g/mol. The lowest BCUT2D eigenvalue weighted by Crippen LogP contribution is -2.36. The van der Waals surface area contributed by atoms with Crippen LogP contribution in [0.2, 0.25) is 0 Å². The molecule has 0 spiro atoms. The number of benzene rings is 2. The zero-order valence-corrected chi connectivity index (χ0v) is 15.9. The normalized spacial score (nSPS) is 10.1. The number of carbonyl (C=O) groups excluding carboxylic acids is 2. The van der Waals surface area contributed by atoms with Gasteiger partial charge in [-0.3, -0.25) is 9.59 Å². The number of hydrogen-bond donors (Lipinski definition) is 2. The molecule has 144 valence electrons. The average Bonchev–Trinajstić information content (AvgIpc) is 2.69. The Morgan fingerprint density at radius 3 is 2.15 bits per heavy atom. The molecule has 0 radical (unpaired) electrons. The lowest BCUT2D eigenvalue weighted by Gasteiger charge is -2.14. The highest BCUT2D eigenvalue weighted by Gasteiger charge is 2.14. The molecule has 0 saturated heterocycles. The highest BCUT2D eigenvalue weighted by atomic mass is 16.5. The van der Waals surface area contributed by atoms with Gasteiger partial charge in [-0.25, -0.2) is 0 Å². The summed E-state index contributed by atoms with van der Waals surface area (Å²) in [6.07, 6.45) is 0. The van der Waals surface area contributed by atoms with Crippen molar-refractivity contribution >= 4 is 11.8 Å². The van der Waals surface area contributed by atoms with Gasteiger partial charge in [-0.1, -0.05) is 17.7 Å². The van der Waals surface area contributed by atoms with E-state index in [-0.39, 0.29) is 24.9 Å². The van der Waals surface area contributed by atoms with Crippen LogP contribution in [0, 0.1) is 6.92 Å². The Bertz CT molecular complexity index is 795. The topological polar surface area (TPSA) is 85.9 Å². The van der Waals surface area contributed by atoms with E-state index in [0.29, 0.717) is 22.8 Å². The quantitative estimate of drug-likeness (QED) is 0.741. The summed E-state index contributed by atoms with van der Waals surface area (Å²) < 4.78 is 15.8. The molecule has 0 bridgehead atoms. The lowest BCUT2D eigenvalue weighted by atomic mass is 10.1. The minimum atomic E-state index is -0.301.